The first-order valence-corrected chi connectivity index (χ1v) is 8.85. The molecule has 0 spiro atoms. The van der Waals surface area contributed by atoms with Crippen LogP contribution in [-0.2, 0) is 6.54 Å². The highest BCUT2D eigenvalue weighted by molar-refractivity contribution is 5.14. The number of likely N-dealkylation sites (tertiary alicyclic amines) is 1. The first kappa shape index (κ1) is 14.7. The fourth-order valence-electron chi connectivity index (χ4n) is 3.71. The lowest BCUT2D eigenvalue weighted by molar-refractivity contribution is -0.00493. The second-order valence-electron chi connectivity index (χ2n) is 7.51. The zero-order valence-electron chi connectivity index (χ0n) is 13.9. The highest BCUT2D eigenvalue weighted by Crippen LogP contribution is 2.40. The van der Waals surface area contributed by atoms with Gasteiger partial charge in [0.05, 0.1) is 5.69 Å². The van der Waals surface area contributed by atoms with Gasteiger partial charge in [0.15, 0.2) is 0 Å². The lowest BCUT2D eigenvalue weighted by Crippen LogP contribution is -2.63. The molecule has 0 aromatic carbocycles. The Kier molecular flexibility index (Phi) is 3.96. The van der Waals surface area contributed by atoms with Gasteiger partial charge in [0.2, 0.25) is 0 Å². The summed E-state index contributed by atoms with van der Waals surface area (Å²) in [6.45, 7) is 12.8. The van der Waals surface area contributed by atoms with Gasteiger partial charge < -0.3 is 4.52 Å². The molecule has 0 N–H and O–H groups in total. The minimum absolute atomic E-state index is 0.669. The van der Waals surface area contributed by atoms with E-state index >= 15 is 0 Å². The molecular weight excluding hydrogens is 276 g/mol. The third-order valence-corrected chi connectivity index (χ3v) is 5.48. The molecular formula is C17H28N4O. The Morgan fingerprint density at radius 2 is 1.91 bits per heavy atom. The van der Waals surface area contributed by atoms with Crippen LogP contribution in [-0.4, -0.2) is 71.2 Å². The van der Waals surface area contributed by atoms with Crippen molar-refractivity contribution in [3.05, 3.63) is 17.5 Å². The molecule has 2 aliphatic heterocycles. The van der Waals surface area contributed by atoms with Crippen molar-refractivity contribution < 1.29 is 4.52 Å². The van der Waals surface area contributed by atoms with Gasteiger partial charge in [-0.3, -0.25) is 14.7 Å². The van der Waals surface area contributed by atoms with Crippen LogP contribution < -0.4 is 0 Å². The lowest BCUT2D eigenvalue weighted by atomic mass is 10.1. The summed E-state index contributed by atoms with van der Waals surface area (Å²) in [6, 6.07) is 3.61. The van der Waals surface area contributed by atoms with Crippen LogP contribution in [0.1, 0.15) is 44.1 Å². The summed E-state index contributed by atoms with van der Waals surface area (Å²) < 4.78 is 5.44. The Morgan fingerprint density at radius 3 is 2.55 bits per heavy atom. The van der Waals surface area contributed by atoms with Gasteiger partial charge in [-0.2, -0.15) is 0 Å². The van der Waals surface area contributed by atoms with E-state index in [1.807, 2.05) is 0 Å². The summed E-state index contributed by atoms with van der Waals surface area (Å²) in [4.78, 5) is 7.75. The van der Waals surface area contributed by atoms with E-state index < -0.39 is 0 Å². The average molecular weight is 304 g/mol. The van der Waals surface area contributed by atoms with E-state index in [9.17, 15) is 0 Å². The van der Waals surface area contributed by atoms with Crippen LogP contribution in [0.25, 0.3) is 0 Å². The van der Waals surface area contributed by atoms with Crippen LogP contribution in [0.15, 0.2) is 10.6 Å². The monoisotopic (exact) mass is 304 g/mol. The standard InChI is InChI=1S/C17H28N4O/c1-13(2)20-5-7-21(8-6-20)16-11-19(12-16)10-15-9-17(22-18-15)14-3-4-14/h9,13-14,16H,3-8,10-12H2,1-2H3. The Labute approximate surface area is 133 Å². The third-order valence-electron chi connectivity index (χ3n) is 5.48. The van der Waals surface area contributed by atoms with E-state index in [1.165, 1.54) is 52.1 Å². The first-order valence-electron chi connectivity index (χ1n) is 8.85. The molecule has 1 aliphatic carbocycles. The predicted octanol–water partition coefficient (Wildman–Crippen LogP) is 1.76. The number of piperazine rings is 1. The molecule has 0 bridgehead atoms. The molecule has 5 nitrogen and oxygen atoms in total. The van der Waals surface area contributed by atoms with E-state index in [4.69, 9.17) is 4.52 Å². The number of aromatic nitrogens is 1. The van der Waals surface area contributed by atoms with Gasteiger partial charge in [-0.05, 0) is 26.7 Å². The summed E-state index contributed by atoms with van der Waals surface area (Å²) in [5.41, 5.74) is 1.12. The van der Waals surface area contributed by atoms with Gasteiger partial charge in [0.1, 0.15) is 5.76 Å². The maximum atomic E-state index is 5.44. The molecule has 0 atom stereocenters. The van der Waals surface area contributed by atoms with Crippen LogP contribution in [0, 0.1) is 0 Å². The van der Waals surface area contributed by atoms with Crippen molar-refractivity contribution in [3.8, 4) is 0 Å². The zero-order chi connectivity index (χ0) is 15.1. The van der Waals surface area contributed by atoms with Crippen LogP contribution in [0.4, 0.5) is 0 Å². The predicted molar refractivity (Wildman–Crippen MR) is 85.8 cm³/mol. The number of hydrogen-bond acceptors (Lipinski definition) is 5. The zero-order valence-corrected chi connectivity index (χ0v) is 13.9. The largest absolute Gasteiger partial charge is 0.361 e. The van der Waals surface area contributed by atoms with Crippen molar-refractivity contribution in [2.24, 2.45) is 0 Å². The molecule has 2 saturated heterocycles. The Balaban J connectivity index is 1.21. The molecule has 3 fully saturated rings. The minimum atomic E-state index is 0.669. The molecule has 0 amide bonds. The van der Waals surface area contributed by atoms with Crippen LogP contribution >= 0.6 is 0 Å². The average Bonchev–Trinajstić information content (AvgIpc) is 3.22. The molecule has 1 aromatic heterocycles. The SMILES string of the molecule is CC(C)N1CCN(C2CN(Cc3cc(C4CC4)on3)C2)CC1. The van der Waals surface area contributed by atoms with E-state index in [2.05, 4.69) is 39.8 Å². The quantitative estimate of drug-likeness (QED) is 0.828. The van der Waals surface area contributed by atoms with Gasteiger partial charge in [0.25, 0.3) is 0 Å². The second kappa shape index (κ2) is 5.95. The van der Waals surface area contributed by atoms with E-state index in [0.29, 0.717) is 12.0 Å². The lowest BCUT2D eigenvalue weighted by Gasteiger charge is -2.48. The van der Waals surface area contributed by atoms with Crippen molar-refractivity contribution in [3.63, 3.8) is 0 Å². The fraction of sp³-hybridized carbons (Fsp3) is 0.824. The molecule has 122 valence electrons. The van der Waals surface area contributed by atoms with Gasteiger partial charge in [0, 0.05) is 69.9 Å². The van der Waals surface area contributed by atoms with Crippen molar-refractivity contribution in [2.75, 3.05) is 39.3 Å². The first-order chi connectivity index (χ1) is 10.7. The van der Waals surface area contributed by atoms with Crippen molar-refractivity contribution in [2.45, 2.75) is 51.2 Å². The molecule has 1 aromatic rings. The highest BCUT2D eigenvalue weighted by Gasteiger charge is 2.34. The molecule has 22 heavy (non-hydrogen) atoms. The molecule has 1 saturated carbocycles. The summed E-state index contributed by atoms with van der Waals surface area (Å²) in [6.07, 6.45) is 2.56. The van der Waals surface area contributed by atoms with Crippen molar-refractivity contribution in [1.82, 2.24) is 19.9 Å². The maximum Gasteiger partial charge on any atom is 0.140 e. The van der Waals surface area contributed by atoms with E-state index in [0.717, 1.165) is 24.0 Å². The summed E-state index contributed by atoms with van der Waals surface area (Å²) in [5, 5.41) is 4.23. The van der Waals surface area contributed by atoms with Gasteiger partial charge in [-0.15, -0.1) is 0 Å². The fourth-order valence-corrected chi connectivity index (χ4v) is 3.71. The number of nitrogens with zero attached hydrogens (tertiary/aromatic N) is 4. The molecule has 0 radical (unpaired) electrons. The highest BCUT2D eigenvalue weighted by atomic mass is 16.5. The molecule has 3 aliphatic rings. The summed E-state index contributed by atoms with van der Waals surface area (Å²) >= 11 is 0. The van der Waals surface area contributed by atoms with E-state index in [1.54, 1.807) is 0 Å². The molecule has 4 rings (SSSR count). The maximum absolute atomic E-state index is 5.44. The van der Waals surface area contributed by atoms with Gasteiger partial charge in [-0.1, -0.05) is 5.16 Å². The summed E-state index contributed by atoms with van der Waals surface area (Å²) in [7, 11) is 0. The van der Waals surface area contributed by atoms with Gasteiger partial charge >= 0.3 is 0 Å². The number of hydrogen-bond donors (Lipinski definition) is 0. The Bertz CT molecular complexity index is 497. The smallest absolute Gasteiger partial charge is 0.140 e. The normalized spacial score (nSPS) is 25.8. The Hall–Kier alpha value is -0.910. The molecule has 5 heteroatoms. The Morgan fingerprint density at radius 1 is 1.18 bits per heavy atom. The molecule has 3 heterocycles. The van der Waals surface area contributed by atoms with Crippen molar-refractivity contribution >= 4 is 0 Å². The van der Waals surface area contributed by atoms with Gasteiger partial charge in [-0.25, -0.2) is 0 Å². The minimum Gasteiger partial charge on any atom is -0.361 e. The number of rotatable bonds is 5. The second-order valence-corrected chi connectivity index (χ2v) is 7.51. The van der Waals surface area contributed by atoms with Crippen LogP contribution in [0.3, 0.4) is 0 Å². The van der Waals surface area contributed by atoms with Crippen molar-refractivity contribution in [1.29, 1.82) is 0 Å². The third kappa shape index (κ3) is 3.07. The molecule has 0 unspecified atom stereocenters. The van der Waals surface area contributed by atoms with Crippen LogP contribution in [0.5, 0.6) is 0 Å². The van der Waals surface area contributed by atoms with E-state index in [-0.39, 0.29) is 0 Å². The topological polar surface area (TPSA) is 35.8 Å². The van der Waals surface area contributed by atoms with Crippen LogP contribution in [0.2, 0.25) is 0 Å². The summed E-state index contributed by atoms with van der Waals surface area (Å²) in [5.74, 6) is 1.78.